The van der Waals surface area contributed by atoms with Crippen molar-refractivity contribution >= 4 is 27.5 Å². The molecule has 5 heterocycles. The van der Waals surface area contributed by atoms with Crippen LogP contribution in [-0.2, 0) is 0 Å². The van der Waals surface area contributed by atoms with Gasteiger partial charge < -0.3 is 24.3 Å². The number of fused-ring (bicyclic) bond motifs is 3. The van der Waals surface area contributed by atoms with Gasteiger partial charge in [0.1, 0.15) is 41.1 Å². The monoisotopic (exact) mass is 590 g/mol. The topological polar surface area (TPSA) is 112 Å². The van der Waals surface area contributed by atoms with Gasteiger partial charge in [-0.1, -0.05) is 12.1 Å². The number of anilines is 1. The molecule has 4 fully saturated rings. The molecule has 0 spiro atoms. The van der Waals surface area contributed by atoms with E-state index in [1.165, 1.54) is 18.2 Å². The zero-order chi connectivity index (χ0) is 29.7. The summed E-state index contributed by atoms with van der Waals surface area (Å²) < 4.78 is 41.6. The van der Waals surface area contributed by atoms with E-state index in [1.807, 2.05) is 4.90 Å². The standard InChI is InChI=1S/C32H32F2N4O5/c1-17-26-25(29(40)43-27(17)22-11-21(39)10-18-4-2-5-23(34)24(18)22)28(37-14-32(41,15-37)19-6-7-19)36-30(35-26)42-16-31-8-3-9-38(31)13-20(33)12-31/h2,4-5,10-11,19-20,39,41H,3,6-9,12-16H2,1H3/t20-,31+/m1/s1. The van der Waals surface area contributed by atoms with E-state index in [-0.39, 0.29) is 51.9 Å². The highest BCUT2D eigenvalue weighted by molar-refractivity contribution is 6.01. The molecule has 1 aliphatic carbocycles. The number of hydrogen-bond donors (Lipinski definition) is 2. The Morgan fingerprint density at radius 3 is 2.79 bits per heavy atom. The number of hydrogen-bond acceptors (Lipinski definition) is 9. The van der Waals surface area contributed by atoms with Gasteiger partial charge in [0.2, 0.25) is 0 Å². The summed E-state index contributed by atoms with van der Waals surface area (Å²) in [5.74, 6) is -0.0180. The molecule has 8 rings (SSSR count). The van der Waals surface area contributed by atoms with Crippen LogP contribution in [0.25, 0.3) is 33.0 Å². The Balaban J connectivity index is 1.27. The van der Waals surface area contributed by atoms with E-state index < -0.39 is 28.8 Å². The summed E-state index contributed by atoms with van der Waals surface area (Å²) in [6.45, 7) is 3.76. The molecule has 9 nitrogen and oxygen atoms in total. The Morgan fingerprint density at radius 2 is 2.00 bits per heavy atom. The number of aromatic hydroxyl groups is 1. The molecule has 1 saturated carbocycles. The van der Waals surface area contributed by atoms with Gasteiger partial charge >= 0.3 is 11.6 Å². The van der Waals surface area contributed by atoms with Crippen LogP contribution in [0.15, 0.2) is 39.5 Å². The van der Waals surface area contributed by atoms with Crippen LogP contribution in [-0.4, -0.2) is 75.2 Å². The molecule has 2 N–H and O–H groups in total. The van der Waals surface area contributed by atoms with Crippen molar-refractivity contribution in [3.63, 3.8) is 0 Å². The van der Waals surface area contributed by atoms with Gasteiger partial charge in [0.05, 0.1) is 24.1 Å². The molecule has 3 aliphatic heterocycles. The maximum atomic E-state index is 15.1. The average molecular weight is 591 g/mol. The summed E-state index contributed by atoms with van der Waals surface area (Å²) in [6.07, 6.45) is 3.19. The maximum absolute atomic E-state index is 15.1. The van der Waals surface area contributed by atoms with Gasteiger partial charge in [-0.2, -0.15) is 9.97 Å². The first-order valence-electron chi connectivity index (χ1n) is 14.9. The van der Waals surface area contributed by atoms with Crippen molar-refractivity contribution in [3.05, 3.63) is 52.1 Å². The number of aryl methyl sites for hydroxylation is 1. The van der Waals surface area contributed by atoms with Crippen molar-refractivity contribution in [2.75, 3.05) is 37.7 Å². The molecule has 2 aromatic heterocycles. The van der Waals surface area contributed by atoms with Crippen LogP contribution < -0.4 is 15.3 Å². The second kappa shape index (κ2) is 9.33. The molecule has 0 bridgehead atoms. The lowest BCUT2D eigenvalue weighted by Gasteiger charge is -2.47. The molecule has 4 aliphatic rings. The predicted molar refractivity (Wildman–Crippen MR) is 156 cm³/mol. The van der Waals surface area contributed by atoms with Gasteiger partial charge in [-0.05, 0) is 68.7 Å². The molecule has 224 valence electrons. The van der Waals surface area contributed by atoms with Gasteiger partial charge in [0, 0.05) is 29.5 Å². The predicted octanol–water partition coefficient (Wildman–Crippen LogP) is 4.47. The number of rotatable bonds is 6. The fourth-order valence-electron chi connectivity index (χ4n) is 7.60. The minimum Gasteiger partial charge on any atom is -0.508 e. The molecule has 0 amide bonds. The molecule has 2 atom stereocenters. The van der Waals surface area contributed by atoms with Crippen LogP contribution in [0.5, 0.6) is 11.8 Å². The largest absolute Gasteiger partial charge is 0.508 e. The Labute approximate surface area is 245 Å². The Bertz CT molecular complexity index is 1850. The third kappa shape index (κ3) is 4.19. The van der Waals surface area contributed by atoms with Gasteiger partial charge in [-0.25, -0.2) is 13.6 Å². The quantitative estimate of drug-likeness (QED) is 0.336. The highest BCUT2D eigenvalue weighted by Gasteiger charge is 2.53. The van der Waals surface area contributed by atoms with E-state index in [2.05, 4.69) is 14.9 Å². The van der Waals surface area contributed by atoms with Crippen molar-refractivity contribution in [1.82, 2.24) is 14.9 Å². The second-order valence-electron chi connectivity index (χ2n) is 12.8. The number of aliphatic hydroxyl groups is 1. The van der Waals surface area contributed by atoms with E-state index in [1.54, 1.807) is 19.1 Å². The van der Waals surface area contributed by atoms with Gasteiger partial charge in [-0.3, -0.25) is 4.90 Å². The third-order valence-electron chi connectivity index (χ3n) is 9.92. The van der Waals surface area contributed by atoms with Crippen LogP contribution in [0.1, 0.15) is 37.7 Å². The van der Waals surface area contributed by atoms with Crippen molar-refractivity contribution in [3.8, 4) is 23.1 Å². The molecular weight excluding hydrogens is 558 g/mol. The number of nitrogens with zero attached hydrogens (tertiary/aromatic N) is 4. The molecule has 43 heavy (non-hydrogen) atoms. The molecule has 0 unspecified atom stereocenters. The fraction of sp³-hybridized carbons (Fsp3) is 0.469. The summed E-state index contributed by atoms with van der Waals surface area (Å²) in [5.41, 5.74) is -1.04. The maximum Gasteiger partial charge on any atom is 0.349 e. The van der Waals surface area contributed by atoms with Gasteiger partial charge in [0.25, 0.3) is 0 Å². The SMILES string of the molecule is Cc1c(-c2cc(O)cc3cccc(F)c23)oc(=O)c2c(N3CC(O)(C4CC4)C3)nc(OC[C@@]34CCCN3C[C@H](F)C4)nc12. The number of aromatic nitrogens is 2. The van der Waals surface area contributed by atoms with E-state index in [0.717, 1.165) is 32.2 Å². The summed E-state index contributed by atoms with van der Waals surface area (Å²) in [7, 11) is 0. The zero-order valence-corrected chi connectivity index (χ0v) is 23.8. The third-order valence-corrected chi connectivity index (χ3v) is 9.92. The molecule has 3 saturated heterocycles. The number of alkyl halides is 1. The second-order valence-corrected chi connectivity index (χ2v) is 12.8. The van der Waals surface area contributed by atoms with E-state index in [9.17, 15) is 19.4 Å². The molecule has 2 aromatic carbocycles. The Morgan fingerprint density at radius 1 is 1.19 bits per heavy atom. The lowest BCUT2D eigenvalue weighted by atomic mass is 9.88. The smallest absolute Gasteiger partial charge is 0.349 e. The van der Waals surface area contributed by atoms with Crippen molar-refractivity contribution in [1.29, 1.82) is 0 Å². The highest BCUT2D eigenvalue weighted by Crippen LogP contribution is 2.47. The van der Waals surface area contributed by atoms with Crippen molar-refractivity contribution in [2.24, 2.45) is 5.92 Å². The lowest BCUT2D eigenvalue weighted by molar-refractivity contribution is -0.00969. The molecular formula is C32H32F2N4O5. The summed E-state index contributed by atoms with van der Waals surface area (Å²) in [4.78, 5) is 27.0. The van der Waals surface area contributed by atoms with E-state index in [0.29, 0.717) is 42.8 Å². The summed E-state index contributed by atoms with van der Waals surface area (Å²) in [6, 6.07) is 7.39. The van der Waals surface area contributed by atoms with Gasteiger partial charge in [0.15, 0.2) is 5.82 Å². The van der Waals surface area contributed by atoms with Crippen LogP contribution in [0.4, 0.5) is 14.6 Å². The first-order chi connectivity index (χ1) is 20.6. The van der Waals surface area contributed by atoms with Crippen molar-refractivity contribution < 1.29 is 28.1 Å². The number of β-amino-alcohol motifs (C(OH)–C–C–N with tert-alkyl or cyclic N) is 1. The minimum absolute atomic E-state index is 0.0412. The zero-order valence-electron chi connectivity index (χ0n) is 23.8. The number of halogens is 2. The minimum atomic E-state index is -0.912. The fourth-order valence-corrected chi connectivity index (χ4v) is 7.60. The summed E-state index contributed by atoms with van der Waals surface area (Å²) >= 11 is 0. The van der Waals surface area contributed by atoms with Crippen LogP contribution >= 0.6 is 0 Å². The number of ether oxygens (including phenoxy) is 1. The number of phenolic OH excluding ortho intramolecular Hbond substituents is 1. The molecule has 0 radical (unpaired) electrons. The Hall–Kier alpha value is -3.83. The average Bonchev–Trinajstić information content (AvgIpc) is 3.67. The van der Waals surface area contributed by atoms with E-state index >= 15 is 4.39 Å². The Kier molecular flexibility index (Phi) is 5.81. The van der Waals surface area contributed by atoms with Crippen LogP contribution in [0.3, 0.4) is 0 Å². The summed E-state index contributed by atoms with van der Waals surface area (Å²) in [5, 5.41) is 22.3. The normalized spacial score (nSPS) is 24.9. The first-order valence-corrected chi connectivity index (χ1v) is 14.9. The van der Waals surface area contributed by atoms with Crippen LogP contribution in [0, 0.1) is 18.7 Å². The highest BCUT2D eigenvalue weighted by atomic mass is 19.1. The van der Waals surface area contributed by atoms with E-state index in [4.69, 9.17) is 9.15 Å². The number of phenols is 1. The molecule has 4 aromatic rings. The number of benzene rings is 2. The molecule has 11 heteroatoms. The van der Waals surface area contributed by atoms with Gasteiger partial charge in [-0.15, -0.1) is 0 Å². The lowest BCUT2D eigenvalue weighted by Crippen LogP contribution is -2.63. The first kappa shape index (κ1) is 26.8. The van der Waals surface area contributed by atoms with Crippen molar-refractivity contribution in [2.45, 2.75) is 56.3 Å². The van der Waals surface area contributed by atoms with Crippen LogP contribution in [0.2, 0.25) is 0 Å².